The minimum Gasteiger partial charge on any atom is -0.496 e. The molecule has 1 aliphatic carbocycles. The normalized spacial score (nSPS) is 16.8. The fraction of sp³-hybridized carbons (Fsp3) is 0.500. The first-order valence-corrected chi connectivity index (χ1v) is 6.02. The number of esters is 1. The van der Waals surface area contributed by atoms with Crippen LogP contribution in [0, 0.1) is 11.2 Å². The molecule has 0 saturated heterocycles. The lowest BCUT2D eigenvalue weighted by molar-refractivity contribution is -0.158. The quantitative estimate of drug-likeness (QED) is 0.773. The van der Waals surface area contributed by atoms with E-state index in [9.17, 15) is 9.18 Å². The van der Waals surface area contributed by atoms with Gasteiger partial charge in [0, 0.05) is 0 Å². The van der Waals surface area contributed by atoms with Gasteiger partial charge in [-0.3, -0.25) is 4.79 Å². The summed E-state index contributed by atoms with van der Waals surface area (Å²) in [5, 5.41) is 0. The van der Waals surface area contributed by atoms with E-state index in [-0.39, 0.29) is 11.8 Å². The van der Waals surface area contributed by atoms with Gasteiger partial charge in [0.05, 0.1) is 19.6 Å². The molecule has 0 bridgehead atoms. The number of rotatable bonds is 4. The molecule has 0 spiro atoms. The predicted octanol–water partition coefficient (Wildman–Crippen LogP) is 2.72. The highest BCUT2D eigenvalue weighted by atomic mass is 19.1. The number of halogens is 1. The van der Waals surface area contributed by atoms with Gasteiger partial charge in [0.15, 0.2) is 0 Å². The van der Waals surface area contributed by atoms with Crippen molar-refractivity contribution in [2.75, 3.05) is 14.2 Å². The standard InChI is InChI=1S/C14H17FO3/c1-17-12-5-4-11(15)8-10(12)9-14(6-3-7-14)13(16)18-2/h4-5,8H,3,6-7,9H2,1-2H3. The Bertz CT molecular complexity index is 452. The average Bonchev–Trinajstić information content (AvgIpc) is 2.33. The van der Waals surface area contributed by atoms with Crippen LogP contribution in [0.4, 0.5) is 4.39 Å². The summed E-state index contributed by atoms with van der Waals surface area (Å²) in [7, 11) is 2.94. The van der Waals surface area contributed by atoms with Crippen molar-refractivity contribution in [3.05, 3.63) is 29.6 Å². The molecule has 0 aromatic heterocycles. The summed E-state index contributed by atoms with van der Waals surface area (Å²) in [6.45, 7) is 0. The van der Waals surface area contributed by atoms with Crippen LogP contribution in [-0.4, -0.2) is 20.2 Å². The van der Waals surface area contributed by atoms with Gasteiger partial charge in [-0.05, 0) is 43.0 Å². The molecule has 1 saturated carbocycles. The van der Waals surface area contributed by atoms with Crippen LogP contribution in [-0.2, 0) is 16.0 Å². The molecule has 1 aromatic rings. The van der Waals surface area contributed by atoms with Crippen molar-refractivity contribution >= 4 is 5.97 Å². The summed E-state index contributed by atoms with van der Waals surface area (Å²) in [6.07, 6.45) is 3.06. The molecule has 4 heteroatoms. The van der Waals surface area contributed by atoms with Crippen molar-refractivity contribution in [1.82, 2.24) is 0 Å². The molecule has 1 aliphatic rings. The highest BCUT2D eigenvalue weighted by Gasteiger charge is 2.45. The van der Waals surface area contributed by atoms with E-state index >= 15 is 0 Å². The Kier molecular flexibility index (Phi) is 3.55. The zero-order valence-electron chi connectivity index (χ0n) is 10.7. The lowest BCUT2D eigenvalue weighted by Gasteiger charge is -2.39. The maximum atomic E-state index is 13.3. The minimum absolute atomic E-state index is 0.208. The highest BCUT2D eigenvalue weighted by molar-refractivity contribution is 5.78. The number of carbonyl (C=O) groups is 1. The van der Waals surface area contributed by atoms with Crippen molar-refractivity contribution in [3.8, 4) is 5.75 Å². The number of hydrogen-bond acceptors (Lipinski definition) is 3. The fourth-order valence-electron chi connectivity index (χ4n) is 2.52. The van der Waals surface area contributed by atoms with E-state index < -0.39 is 5.41 Å². The van der Waals surface area contributed by atoms with Crippen molar-refractivity contribution in [1.29, 1.82) is 0 Å². The predicted molar refractivity (Wildman–Crippen MR) is 65.0 cm³/mol. The van der Waals surface area contributed by atoms with E-state index in [1.165, 1.54) is 19.2 Å². The first kappa shape index (κ1) is 12.9. The zero-order valence-corrected chi connectivity index (χ0v) is 10.7. The molecule has 0 unspecified atom stereocenters. The summed E-state index contributed by atoms with van der Waals surface area (Å²) in [4.78, 5) is 11.8. The Morgan fingerprint density at radius 3 is 2.61 bits per heavy atom. The van der Waals surface area contributed by atoms with Gasteiger partial charge >= 0.3 is 5.97 Å². The van der Waals surface area contributed by atoms with Crippen molar-refractivity contribution < 1.29 is 18.7 Å². The van der Waals surface area contributed by atoms with Crippen LogP contribution < -0.4 is 4.74 Å². The van der Waals surface area contributed by atoms with Crippen LogP contribution in [0.5, 0.6) is 5.75 Å². The van der Waals surface area contributed by atoms with Crippen LogP contribution in [0.1, 0.15) is 24.8 Å². The van der Waals surface area contributed by atoms with Gasteiger partial charge in [0.25, 0.3) is 0 Å². The Hall–Kier alpha value is -1.58. The number of benzene rings is 1. The monoisotopic (exact) mass is 252 g/mol. The number of ether oxygens (including phenoxy) is 2. The molecule has 0 amide bonds. The second-order valence-corrected chi connectivity index (χ2v) is 4.76. The number of hydrogen-bond donors (Lipinski definition) is 0. The topological polar surface area (TPSA) is 35.5 Å². The van der Waals surface area contributed by atoms with Gasteiger partial charge in [0.1, 0.15) is 11.6 Å². The lowest BCUT2D eigenvalue weighted by Crippen LogP contribution is -2.41. The van der Waals surface area contributed by atoms with E-state index in [0.717, 1.165) is 24.8 Å². The molecule has 0 atom stereocenters. The largest absolute Gasteiger partial charge is 0.496 e. The molecular weight excluding hydrogens is 235 g/mol. The fourth-order valence-corrected chi connectivity index (χ4v) is 2.52. The molecule has 3 nitrogen and oxygen atoms in total. The highest BCUT2D eigenvalue weighted by Crippen LogP contribution is 2.45. The van der Waals surface area contributed by atoms with Crippen LogP contribution in [0.3, 0.4) is 0 Å². The van der Waals surface area contributed by atoms with Gasteiger partial charge in [-0.25, -0.2) is 4.39 Å². The molecule has 0 heterocycles. The third kappa shape index (κ3) is 2.19. The molecule has 2 rings (SSSR count). The summed E-state index contributed by atoms with van der Waals surface area (Å²) >= 11 is 0. The third-order valence-corrected chi connectivity index (χ3v) is 3.70. The Morgan fingerprint density at radius 2 is 2.11 bits per heavy atom. The molecule has 0 N–H and O–H groups in total. The number of carbonyl (C=O) groups excluding carboxylic acids is 1. The molecule has 0 aliphatic heterocycles. The van der Waals surface area contributed by atoms with Crippen LogP contribution in [0.15, 0.2) is 18.2 Å². The van der Waals surface area contributed by atoms with Crippen LogP contribution in [0.2, 0.25) is 0 Å². The number of methoxy groups -OCH3 is 2. The SMILES string of the molecule is COC(=O)C1(Cc2cc(F)ccc2OC)CCC1. The summed E-state index contributed by atoms with van der Waals surface area (Å²) in [5.74, 6) is 0.0942. The third-order valence-electron chi connectivity index (χ3n) is 3.70. The van der Waals surface area contributed by atoms with Crippen molar-refractivity contribution in [2.45, 2.75) is 25.7 Å². The van der Waals surface area contributed by atoms with Gasteiger partial charge in [-0.2, -0.15) is 0 Å². The molecule has 0 radical (unpaired) electrons. The Labute approximate surface area is 106 Å². The molecular formula is C14H17FO3. The molecule has 1 aromatic carbocycles. The van der Waals surface area contributed by atoms with Gasteiger partial charge < -0.3 is 9.47 Å². The minimum atomic E-state index is -0.490. The summed E-state index contributed by atoms with van der Waals surface area (Å²) < 4.78 is 23.4. The smallest absolute Gasteiger partial charge is 0.312 e. The Morgan fingerprint density at radius 1 is 1.39 bits per heavy atom. The van der Waals surface area contributed by atoms with Crippen LogP contribution >= 0.6 is 0 Å². The average molecular weight is 252 g/mol. The molecule has 1 fully saturated rings. The Balaban J connectivity index is 2.27. The lowest BCUT2D eigenvalue weighted by atomic mass is 9.65. The summed E-state index contributed by atoms with van der Waals surface area (Å²) in [6, 6.07) is 4.38. The second-order valence-electron chi connectivity index (χ2n) is 4.76. The van der Waals surface area contributed by atoms with E-state index in [1.807, 2.05) is 0 Å². The van der Waals surface area contributed by atoms with E-state index in [0.29, 0.717) is 12.2 Å². The molecule has 98 valence electrons. The van der Waals surface area contributed by atoms with Crippen molar-refractivity contribution in [2.24, 2.45) is 5.41 Å². The maximum Gasteiger partial charge on any atom is 0.312 e. The molecule has 18 heavy (non-hydrogen) atoms. The summed E-state index contributed by atoms with van der Waals surface area (Å²) in [5.41, 5.74) is 0.234. The zero-order chi connectivity index (χ0) is 13.2. The second kappa shape index (κ2) is 4.96. The first-order valence-electron chi connectivity index (χ1n) is 6.02. The first-order chi connectivity index (χ1) is 8.61. The van der Waals surface area contributed by atoms with Gasteiger partial charge in [0.2, 0.25) is 0 Å². The van der Waals surface area contributed by atoms with Gasteiger partial charge in [-0.1, -0.05) is 6.42 Å². The van der Waals surface area contributed by atoms with E-state index in [2.05, 4.69) is 0 Å². The van der Waals surface area contributed by atoms with Gasteiger partial charge in [-0.15, -0.1) is 0 Å². The maximum absolute atomic E-state index is 13.3. The van der Waals surface area contributed by atoms with E-state index in [1.54, 1.807) is 13.2 Å². The van der Waals surface area contributed by atoms with Crippen LogP contribution in [0.25, 0.3) is 0 Å². The van der Waals surface area contributed by atoms with E-state index in [4.69, 9.17) is 9.47 Å². The van der Waals surface area contributed by atoms with Crippen molar-refractivity contribution in [3.63, 3.8) is 0 Å².